The molecule has 2 atom stereocenters. The number of ether oxygens (including phenoxy) is 4. The van der Waals surface area contributed by atoms with Crippen molar-refractivity contribution in [1.29, 1.82) is 0 Å². The zero-order chi connectivity index (χ0) is 26.0. The molecule has 4 rings (SSSR count). The smallest absolute Gasteiger partial charge is 0.411 e. The highest BCUT2D eigenvalue weighted by atomic mass is 79.9. The number of fused-ring (bicyclic) bond motifs is 1. The van der Waals surface area contributed by atoms with E-state index in [4.69, 9.17) is 23.9 Å². The topological polar surface area (TPSA) is 87.2 Å². The molecule has 36 heavy (non-hydrogen) atoms. The van der Waals surface area contributed by atoms with Gasteiger partial charge in [-0.1, -0.05) is 30.3 Å². The highest BCUT2D eigenvalue weighted by Gasteiger charge is 2.43. The molecule has 1 aromatic heterocycles. The fourth-order valence-electron chi connectivity index (χ4n) is 4.15. The van der Waals surface area contributed by atoms with Gasteiger partial charge in [-0.15, -0.1) is 0 Å². The first-order valence-corrected chi connectivity index (χ1v) is 12.4. The molecule has 1 aliphatic heterocycles. The molecule has 3 aromatic rings. The van der Waals surface area contributed by atoms with Crippen LogP contribution >= 0.6 is 15.9 Å². The maximum absolute atomic E-state index is 12.9. The van der Waals surface area contributed by atoms with Crippen molar-refractivity contribution in [3.8, 4) is 22.8 Å². The summed E-state index contributed by atoms with van der Waals surface area (Å²) >= 11 is 3.54. The maximum Gasteiger partial charge on any atom is 0.411 e. The van der Waals surface area contributed by atoms with E-state index in [1.165, 1.54) is 12.0 Å². The zero-order valence-electron chi connectivity index (χ0n) is 20.9. The first-order chi connectivity index (χ1) is 17.1. The van der Waals surface area contributed by atoms with Gasteiger partial charge in [0.2, 0.25) is 0 Å². The van der Waals surface area contributed by atoms with Crippen LogP contribution in [0, 0.1) is 0 Å². The molecule has 0 unspecified atom stereocenters. The summed E-state index contributed by atoms with van der Waals surface area (Å²) in [7, 11) is 2.90. The molecule has 1 fully saturated rings. The summed E-state index contributed by atoms with van der Waals surface area (Å²) in [5.41, 5.74) is 1.65. The van der Waals surface area contributed by atoms with Crippen LogP contribution in [0.25, 0.3) is 22.2 Å². The van der Waals surface area contributed by atoms with Crippen molar-refractivity contribution in [1.82, 2.24) is 9.88 Å². The number of hydrogen-bond donors (Lipinski definition) is 0. The van der Waals surface area contributed by atoms with E-state index < -0.39 is 29.8 Å². The molecule has 190 valence electrons. The van der Waals surface area contributed by atoms with E-state index in [1.54, 1.807) is 27.9 Å². The van der Waals surface area contributed by atoms with Crippen molar-refractivity contribution in [2.45, 2.75) is 44.9 Å². The summed E-state index contributed by atoms with van der Waals surface area (Å²) in [6, 6.07) is 14.6. The van der Waals surface area contributed by atoms with Crippen LogP contribution in [0.4, 0.5) is 4.79 Å². The van der Waals surface area contributed by atoms with E-state index in [-0.39, 0.29) is 13.0 Å². The lowest BCUT2D eigenvalue weighted by atomic mass is 10.1. The van der Waals surface area contributed by atoms with Crippen molar-refractivity contribution >= 4 is 38.9 Å². The van der Waals surface area contributed by atoms with Crippen molar-refractivity contribution < 1.29 is 28.5 Å². The Bertz CT molecular complexity index is 1270. The van der Waals surface area contributed by atoms with Crippen LogP contribution in [-0.2, 0) is 14.3 Å². The van der Waals surface area contributed by atoms with E-state index in [9.17, 15) is 9.59 Å². The fraction of sp³-hybridized carbons (Fsp3) is 0.370. The number of methoxy groups -OCH3 is 2. The summed E-state index contributed by atoms with van der Waals surface area (Å²) < 4.78 is 23.2. The Morgan fingerprint density at radius 1 is 1.06 bits per heavy atom. The highest BCUT2D eigenvalue weighted by molar-refractivity contribution is 9.10. The first kappa shape index (κ1) is 25.8. The third-order valence-corrected chi connectivity index (χ3v) is 6.39. The van der Waals surface area contributed by atoms with Gasteiger partial charge in [0, 0.05) is 29.5 Å². The molecule has 1 saturated heterocycles. The van der Waals surface area contributed by atoms with Gasteiger partial charge in [0.05, 0.1) is 36.4 Å². The van der Waals surface area contributed by atoms with E-state index in [2.05, 4.69) is 15.9 Å². The number of aromatic nitrogens is 1. The van der Waals surface area contributed by atoms with Gasteiger partial charge >= 0.3 is 12.1 Å². The predicted octanol–water partition coefficient (Wildman–Crippen LogP) is 5.60. The number of nitrogens with zero attached hydrogens (tertiary/aromatic N) is 2. The van der Waals surface area contributed by atoms with Gasteiger partial charge in [0.15, 0.2) is 0 Å². The van der Waals surface area contributed by atoms with Crippen LogP contribution in [0.5, 0.6) is 11.5 Å². The molecule has 2 heterocycles. The lowest BCUT2D eigenvalue weighted by Gasteiger charge is -2.27. The van der Waals surface area contributed by atoms with Crippen LogP contribution in [0.15, 0.2) is 53.0 Å². The Balaban J connectivity index is 1.72. The maximum atomic E-state index is 12.9. The Morgan fingerprint density at radius 3 is 2.42 bits per heavy atom. The number of benzene rings is 2. The SMILES string of the molecule is COC(=O)[C@@H]1C[C@@H](Oc2cc(-c3ccccc3)nc3cc(OC)c(Br)cc23)CN1C(=O)OC(C)(C)C. The molecule has 0 aliphatic carbocycles. The average Bonchev–Trinajstić information content (AvgIpc) is 3.27. The Kier molecular flexibility index (Phi) is 7.40. The van der Waals surface area contributed by atoms with Gasteiger partial charge in [-0.3, -0.25) is 4.90 Å². The fourth-order valence-corrected chi connectivity index (χ4v) is 4.66. The Hall–Kier alpha value is -3.33. The van der Waals surface area contributed by atoms with Crippen molar-refractivity contribution in [2.75, 3.05) is 20.8 Å². The number of pyridine rings is 1. The molecule has 0 radical (unpaired) electrons. The second kappa shape index (κ2) is 10.3. The Morgan fingerprint density at radius 2 is 1.78 bits per heavy atom. The van der Waals surface area contributed by atoms with Gasteiger partial charge in [-0.05, 0) is 42.8 Å². The molecule has 1 amide bonds. The average molecular weight is 557 g/mol. The summed E-state index contributed by atoms with van der Waals surface area (Å²) in [5, 5.41) is 0.771. The number of esters is 1. The van der Waals surface area contributed by atoms with Crippen LogP contribution < -0.4 is 9.47 Å². The second-order valence-corrected chi connectivity index (χ2v) is 10.4. The second-order valence-electron chi connectivity index (χ2n) is 9.52. The van der Waals surface area contributed by atoms with E-state index >= 15 is 0 Å². The largest absolute Gasteiger partial charge is 0.495 e. The molecule has 8 nitrogen and oxygen atoms in total. The number of halogens is 1. The zero-order valence-corrected chi connectivity index (χ0v) is 22.5. The minimum absolute atomic E-state index is 0.177. The van der Waals surface area contributed by atoms with Crippen LogP contribution in [0.3, 0.4) is 0 Å². The third kappa shape index (κ3) is 5.56. The predicted molar refractivity (Wildman–Crippen MR) is 139 cm³/mol. The number of likely N-dealkylation sites (tertiary alicyclic amines) is 1. The summed E-state index contributed by atoms with van der Waals surface area (Å²) in [6.45, 7) is 5.52. The third-order valence-electron chi connectivity index (χ3n) is 5.77. The van der Waals surface area contributed by atoms with E-state index in [0.717, 1.165) is 21.1 Å². The van der Waals surface area contributed by atoms with Gasteiger partial charge in [0.25, 0.3) is 0 Å². The van der Waals surface area contributed by atoms with Crippen LogP contribution in [0.2, 0.25) is 0 Å². The molecular weight excluding hydrogens is 528 g/mol. The minimum Gasteiger partial charge on any atom is -0.495 e. The number of rotatable bonds is 5. The van der Waals surface area contributed by atoms with Crippen LogP contribution in [0.1, 0.15) is 27.2 Å². The first-order valence-electron chi connectivity index (χ1n) is 11.6. The van der Waals surface area contributed by atoms with E-state index in [1.807, 2.05) is 48.5 Å². The number of hydrogen-bond acceptors (Lipinski definition) is 7. The summed E-state index contributed by atoms with van der Waals surface area (Å²) in [5.74, 6) is 0.722. The lowest BCUT2D eigenvalue weighted by molar-refractivity contribution is -0.145. The molecule has 1 aliphatic rings. The van der Waals surface area contributed by atoms with E-state index in [0.29, 0.717) is 17.0 Å². The number of amides is 1. The van der Waals surface area contributed by atoms with Crippen LogP contribution in [-0.4, -0.2) is 60.5 Å². The summed E-state index contributed by atoms with van der Waals surface area (Å²) in [4.78, 5) is 31.6. The van der Waals surface area contributed by atoms with Gasteiger partial charge < -0.3 is 18.9 Å². The number of carbonyl (C=O) groups is 2. The molecular formula is C27H29BrN2O6. The molecule has 2 aromatic carbocycles. The minimum atomic E-state index is -0.802. The normalized spacial score (nSPS) is 17.7. The molecule has 9 heteroatoms. The van der Waals surface area contributed by atoms with Gasteiger partial charge in [-0.25, -0.2) is 14.6 Å². The van der Waals surface area contributed by atoms with Gasteiger partial charge in [0.1, 0.15) is 29.2 Å². The molecule has 0 bridgehead atoms. The lowest BCUT2D eigenvalue weighted by Crippen LogP contribution is -2.44. The number of carbonyl (C=O) groups excluding carboxylic acids is 2. The molecule has 0 spiro atoms. The van der Waals surface area contributed by atoms with Gasteiger partial charge in [-0.2, -0.15) is 0 Å². The molecule has 0 saturated carbocycles. The highest BCUT2D eigenvalue weighted by Crippen LogP contribution is 2.38. The summed E-state index contributed by atoms with van der Waals surface area (Å²) in [6.07, 6.45) is -0.772. The standard InChI is InChI=1S/C27H29BrN2O6/c1-27(2,3)36-26(32)30-15-17(11-22(30)25(31)34-5)35-23-13-20(16-9-7-6-8-10-16)29-21-14-24(33-4)19(28)12-18(21)23/h6-10,12-14,17,22H,11,15H2,1-5H3/t17-,22+/m1/s1. The molecule has 0 N–H and O–H groups in total. The van der Waals surface area contributed by atoms with Crippen molar-refractivity contribution in [3.05, 3.63) is 53.0 Å². The van der Waals surface area contributed by atoms with Crippen molar-refractivity contribution in [3.63, 3.8) is 0 Å². The Labute approximate surface area is 218 Å². The van der Waals surface area contributed by atoms with Crippen molar-refractivity contribution in [2.24, 2.45) is 0 Å². The monoisotopic (exact) mass is 556 g/mol. The quantitative estimate of drug-likeness (QED) is 0.378.